The third-order valence-electron chi connectivity index (χ3n) is 2.54. The lowest BCUT2D eigenvalue weighted by atomic mass is 10.1. The van der Waals surface area contributed by atoms with E-state index in [1.54, 1.807) is 18.7 Å². The van der Waals surface area contributed by atoms with Crippen molar-refractivity contribution >= 4 is 17.9 Å². The second kappa shape index (κ2) is 9.32. The molecule has 0 radical (unpaired) electrons. The number of hydrogen-bond acceptors (Lipinski definition) is 5. The van der Waals surface area contributed by atoms with Crippen LogP contribution < -0.4 is 10.6 Å². The molecule has 0 aliphatic rings. The highest BCUT2D eigenvalue weighted by atomic mass is 16.5. The van der Waals surface area contributed by atoms with Crippen molar-refractivity contribution in [2.24, 2.45) is 5.92 Å². The lowest BCUT2D eigenvalue weighted by molar-refractivity contribution is -0.145. The summed E-state index contributed by atoms with van der Waals surface area (Å²) in [5.41, 5.74) is 0. The Morgan fingerprint density at radius 3 is 2.37 bits per heavy atom. The molecule has 0 aliphatic heterocycles. The number of carbonyl (C=O) groups is 3. The summed E-state index contributed by atoms with van der Waals surface area (Å²) in [4.78, 5) is 35.8. The molecule has 19 heavy (non-hydrogen) atoms. The van der Waals surface area contributed by atoms with E-state index in [0.29, 0.717) is 19.6 Å². The molecule has 0 fully saturated rings. The molecule has 0 heterocycles. The van der Waals surface area contributed by atoms with Gasteiger partial charge in [-0.05, 0) is 13.5 Å². The van der Waals surface area contributed by atoms with Crippen LogP contribution in [0.2, 0.25) is 0 Å². The Hall–Kier alpha value is -1.63. The van der Waals surface area contributed by atoms with E-state index in [9.17, 15) is 14.4 Å². The number of hydrogen-bond donors (Lipinski definition) is 2. The number of methoxy groups -OCH3 is 1. The fraction of sp³-hybridized carbons (Fsp3) is 0.750. The third-order valence-corrected chi connectivity index (χ3v) is 2.54. The second-order valence-electron chi connectivity index (χ2n) is 4.16. The Balaban J connectivity index is 4.21. The van der Waals surface area contributed by atoms with Gasteiger partial charge in [-0.15, -0.1) is 0 Å². The molecule has 0 saturated carbocycles. The fourth-order valence-corrected chi connectivity index (χ4v) is 1.54. The van der Waals surface area contributed by atoms with E-state index >= 15 is 0 Å². The highest BCUT2D eigenvalue weighted by molar-refractivity contribution is 5.95. The molecule has 0 aromatic rings. The van der Waals surface area contributed by atoms with Crippen LogP contribution in [0.15, 0.2) is 0 Å². The molecule has 7 nitrogen and oxygen atoms in total. The van der Waals surface area contributed by atoms with Crippen LogP contribution in [-0.2, 0) is 14.3 Å². The number of rotatable bonds is 7. The number of nitrogens with one attached hydrogen (secondary N) is 2. The first kappa shape index (κ1) is 17.4. The molecule has 0 unspecified atom stereocenters. The standard InChI is InChI=1S/C12H23N3O4/c1-5-13-12(18)14-10(16)8-15(6-2)7-9(3)11(17)19-4/h9H,5-8H2,1-4H3,(H2,13,14,16,18)/t9-/m0/s1. The van der Waals surface area contributed by atoms with E-state index in [-0.39, 0.29) is 18.4 Å². The van der Waals surface area contributed by atoms with Crippen molar-refractivity contribution < 1.29 is 19.1 Å². The second-order valence-corrected chi connectivity index (χ2v) is 4.16. The van der Waals surface area contributed by atoms with Crippen molar-refractivity contribution in [3.63, 3.8) is 0 Å². The molecule has 1 atom stereocenters. The van der Waals surface area contributed by atoms with E-state index in [1.807, 2.05) is 6.92 Å². The maximum atomic E-state index is 11.6. The highest BCUT2D eigenvalue weighted by Crippen LogP contribution is 2.01. The summed E-state index contributed by atoms with van der Waals surface area (Å²) in [5, 5.41) is 4.69. The van der Waals surface area contributed by atoms with Gasteiger partial charge in [0.1, 0.15) is 0 Å². The van der Waals surface area contributed by atoms with E-state index in [0.717, 1.165) is 0 Å². The normalized spacial score (nSPS) is 11.8. The predicted molar refractivity (Wildman–Crippen MR) is 70.5 cm³/mol. The minimum Gasteiger partial charge on any atom is -0.469 e. The van der Waals surface area contributed by atoms with Crippen molar-refractivity contribution in [2.75, 3.05) is 33.3 Å². The Kier molecular flexibility index (Phi) is 8.52. The summed E-state index contributed by atoms with van der Waals surface area (Å²) in [5.74, 6) is -1.03. The Labute approximate surface area is 113 Å². The molecule has 0 bridgehead atoms. The summed E-state index contributed by atoms with van der Waals surface area (Å²) in [6.07, 6.45) is 0. The van der Waals surface area contributed by atoms with Crippen molar-refractivity contribution in [3.05, 3.63) is 0 Å². The van der Waals surface area contributed by atoms with Crippen LogP contribution in [0.4, 0.5) is 4.79 Å². The molecule has 2 N–H and O–H groups in total. The molecule has 0 rings (SSSR count). The summed E-state index contributed by atoms with van der Waals surface area (Å²) in [7, 11) is 1.33. The Morgan fingerprint density at radius 1 is 1.26 bits per heavy atom. The average Bonchev–Trinajstić information content (AvgIpc) is 2.36. The third kappa shape index (κ3) is 7.40. The Morgan fingerprint density at radius 2 is 1.89 bits per heavy atom. The first-order valence-corrected chi connectivity index (χ1v) is 6.32. The smallest absolute Gasteiger partial charge is 0.321 e. The van der Waals surface area contributed by atoms with Gasteiger partial charge < -0.3 is 10.1 Å². The molecule has 0 saturated heterocycles. The van der Waals surface area contributed by atoms with Gasteiger partial charge in [0.25, 0.3) is 0 Å². The minimum atomic E-state index is -0.510. The van der Waals surface area contributed by atoms with Crippen LogP contribution in [0.25, 0.3) is 0 Å². The van der Waals surface area contributed by atoms with Crippen LogP contribution in [0.1, 0.15) is 20.8 Å². The molecule has 0 aliphatic carbocycles. The number of esters is 1. The molecule has 0 spiro atoms. The highest BCUT2D eigenvalue weighted by Gasteiger charge is 2.19. The zero-order chi connectivity index (χ0) is 14.8. The number of ether oxygens (including phenoxy) is 1. The van der Waals surface area contributed by atoms with Crippen molar-refractivity contribution in [1.29, 1.82) is 0 Å². The summed E-state index contributed by atoms with van der Waals surface area (Å²) < 4.78 is 4.63. The van der Waals surface area contributed by atoms with Gasteiger partial charge in [-0.2, -0.15) is 0 Å². The van der Waals surface area contributed by atoms with Crippen molar-refractivity contribution in [3.8, 4) is 0 Å². The lowest BCUT2D eigenvalue weighted by Gasteiger charge is -2.22. The quantitative estimate of drug-likeness (QED) is 0.636. The van der Waals surface area contributed by atoms with Gasteiger partial charge in [0, 0.05) is 13.1 Å². The fourth-order valence-electron chi connectivity index (χ4n) is 1.54. The molecule has 0 aromatic carbocycles. The van der Waals surface area contributed by atoms with E-state index in [4.69, 9.17) is 0 Å². The maximum Gasteiger partial charge on any atom is 0.321 e. The first-order chi connectivity index (χ1) is 8.94. The molecule has 110 valence electrons. The molecular formula is C12H23N3O4. The summed E-state index contributed by atoms with van der Waals surface area (Å²) in [6, 6.07) is -0.510. The van der Waals surface area contributed by atoms with E-state index < -0.39 is 11.9 Å². The number of carbonyl (C=O) groups excluding carboxylic acids is 3. The molecule has 7 heteroatoms. The average molecular weight is 273 g/mol. The number of likely N-dealkylation sites (N-methyl/N-ethyl adjacent to an activating group) is 1. The van der Waals surface area contributed by atoms with Gasteiger partial charge in [-0.1, -0.05) is 13.8 Å². The number of imide groups is 1. The summed E-state index contributed by atoms with van der Waals surface area (Å²) >= 11 is 0. The van der Waals surface area contributed by atoms with E-state index in [1.165, 1.54) is 7.11 Å². The molecule has 0 aromatic heterocycles. The van der Waals surface area contributed by atoms with Crippen molar-refractivity contribution in [1.82, 2.24) is 15.5 Å². The van der Waals surface area contributed by atoms with Gasteiger partial charge in [-0.3, -0.25) is 19.8 Å². The van der Waals surface area contributed by atoms with Gasteiger partial charge in [0.15, 0.2) is 0 Å². The van der Waals surface area contributed by atoms with Gasteiger partial charge in [0.05, 0.1) is 19.6 Å². The van der Waals surface area contributed by atoms with Crippen LogP contribution in [0.5, 0.6) is 0 Å². The van der Waals surface area contributed by atoms with Crippen LogP contribution in [-0.4, -0.2) is 56.1 Å². The lowest BCUT2D eigenvalue weighted by Crippen LogP contribution is -2.45. The van der Waals surface area contributed by atoms with Crippen LogP contribution >= 0.6 is 0 Å². The van der Waals surface area contributed by atoms with Gasteiger partial charge >= 0.3 is 12.0 Å². The minimum absolute atomic E-state index is 0.0645. The number of urea groups is 1. The van der Waals surface area contributed by atoms with Gasteiger partial charge in [-0.25, -0.2) is 4.79 Å². The summed E-state index contributed by atoms with van der Waals surface area (Å²) in [6.45, 7) is 6.90. The zero-order valence-electron chi connectivity index (χ0n) is 12.0. The molecular weight excluding hydrogens is 250 g/mol. The first-order valence-electron chi connectivity index (χ1n) is 6.32. The Bertz CT molecular complexity index is 320. The number of nitrogens with zero attached hydrogens (tertiary/aromatic N) is 1. The van der Waals surface area contributed by atoms with Crippen molar-refractivity contribution in [2.45, 2.75) is 20.8 Å². The largest absolute Gasteiger partial charge is 0.469 e. The van der Waals surface area contributed by atoms with Gasteiger partial charge in [0.2, 0.25) is 5.91 Å². The zero-order valence-corrected chi connectivity index (χ0v) is 12.0. The maximum absolute atomic E-state index is 11.6. The SMILES string of the molecule is CCNC(=O)NC(=O)CN(CC)C[C@H](C)C(=O)OC. The predicted octanol–water partition coefficient (Wildman–Crippen LogP) is -0.0369. The van der Waals surface area contributed by atoms with Crippen LogP contribution in [0, 0.1) is 5.92 Å². The van der Waals surface area contributed by atoms with E-state index in [2.05, 4.69) is 15.4 Å². The topological polar surface area (TPSA) is 87.7 Å². The van der Waals surface area contributed by atoms with Crippen LogP contribution in [0.3, 0.4) is 0 Å². The number of amides is 3. The molecule has 3 amide bonds. The monoisotopic (exact) mass is 273 g/mol.